The number of esters is 1. The Balaban J connectivity index is 1.69. The minimum atomic E-state index is -1.33. The first-order chi connectivity index (χ1) is 14.1. The maximum Gasteiger partial charge on any atom is 0.410 e. The summed E-state index contributed by atoms with van der Waals surface area (Å²) in [6, 6.07) is 15.5. The molecule has 1 amide bonds. The average Bonchev–Trinajstić information content (AvgIpc) is 2.76. The van der Waals surface area contributed by atoms with Gasteiger partial charge in [0, 0.05) is 13.1 Å². The Bertz CT molecular complexity index is 843. The van der Waals surface area contributed by atoms with Gasteiger partial charge in [0.1, 0.15) is 19.3 Å². The number of hydrogen-bond acceptors (Lipinski definition) is 6. The summed E-state index contributed by atoms with van der Waals surface area (Å²) in [5.74, 6) is -2.04. The smallest absolute Gasteiger partial charge is 0.410 e. The van der Waals surface area contributed by atoms with Gasteiger partial charge in [-0.3, -0.25) is 9.69 Å². The SMILES string of the molecule is O=C(O)[C@@H]1NCCN(C(=O)OCc2ccccc2)[C@H]1C(=O)OCc1ccccc1. The lowest BCUT2D eigenvalue weighted by molar-refractivity contribution is -0.159. The molecule has 0 spiro atoms. The standard InChI is InChI=1S/C21H22N2O6/c24-19(25)17-18(20(26)28-13-15-7-3-1-4-8-15)23(12-11-22-17)21(27)29-14-16-9-5-2-6-10-16/h1-10,17-18,22H,11-14H2,(H,24,25)/t17-,18-/m1/s1. The van der Waals surface area contributed by atoms with Crippen molar-refractivity contribution in [3.8, 4) is 0 Å². The number of ether oxygens (including phenoxy) is 2. The molecule has 0 radical (unpaired) electrons. The molecule has 0 saturated carbocycles. The Hall–Kier alpha value is -3.39. The molecule has 0 unspecified atom stereocenters. The Morgan fingerprint density at radius 3 is 2.03 bits per heavy atom. The summed E-state index contributed by atoms with van der Waals surface area (Å²) in [6.07, 6.45) is -0.761. The molecule has 2 atom stereocenters. The Kier molecular flexibility index (Phi) is 6.80. The van der Waals surface area contributed by atoms with Crippen molar-refractivity contribution in [2.24, 2.45) is 0 Å². The van der Waals surface area contributed by atoms with E-state index in [0.717, 1.165) is 16.0 Å². The van der Waals surface area contributed by atoms with Gasteiger partial charge in [0.2, 0.25) is 0 Å². The third-order valence-corrected chi connectivity index (χ3v) is 4.54. The second kappa shape index (κ2) is 9.70. The molecule has 2 aromatic carbocycles. The fraction of sp³-hybridized carbons (Fsp3) is 0.286. The van der Waals surface area contributed by atoms with Crippen molar-refractivity contribution < 1.29 is 29.0 Å². The molecule has 2 N–H and O–H groups in total. The van der Waals surface area contributed by atoms with Crippen LogP contribution in [0.3, 0.4) is 0 Å². The van der Waals surface area contributed by atoms with E-state index in [1.54, 1.807) is 36.4 Å². The first kappa shape index (κ1) is 20.3. The molecule has 0 aliphatic carbocycles. The van der Waals surface area contributed by atoms with Crippen molar-refractivity contribution in [2.75, 3.05) is 13.1 Å². The maximum atomic E-state index is 12.7. The molecule has 2 aromatic rings. The number of amides is 1. The van der Waals surface area contributed by atoms with Crippen molar-refractivity contribution in [1.82, 2.24) is 10.2 Å². The highest BCUT2D eigenvalue weighted by atomic mass is 16.6. The van der Waals surface area contributed by atoms with E-state index >= 15 is 0 Å². The zero-order chi connectivity index (χ0) is 20.6. The highest BCUT2D eigenvalue weighted by Gasteiger charge is 2.44. The fourth-order valence-corrected chi connectivity index (χ4v) is 3.08. The summed E-state index contributed by atoms with van der Waals surface area (Å²) >= 11 is 0. The molecule has 29 heavy (non-hydrogen) atoms. The van der Waals surface area contributed by atoms with E-state index in [1.807, 2.05) is 24.3 Å². The molecule has 0 bridgehead atoms. The minimum absolute atomic E-state index is 0.0184. The molecule has 1 aliphatic rings. The van der Waals surface area contributed by atoms with Crippen LogP contribution in [-0.4, -0.2) is 53.2 Å². The van der Waals surface area contributed by atoms with Crippen LogP contribution < -0.4 is 5.32 Å². The summed E-state index contributed by atoms with van der Waals surface area (Å²) in [5, 5.41) is 12.3. The zero-order valence-electron chi connectivity index (χ0n) is 15.7. The molecule has 0 aromatic heterocycles. The first-order valence-electron chi connectivity index (χ1n) is 9.20. The normalized spacial score (nSPS) is 18.7. The van der Waals surface area contributed by atoms with Crippen molar-refractivity contribution in [3.05, 3.63) is 71.8 Å². The van der Waals surface area contributed by atoms with Gasteiger partial charge in [-0.15, -0.1) is 0 Å². The molecule has 1 heterocycles. The van der Waals surface area contributed by atoms with Gasteiger partial charge in [0.05, 0.1) is 0 Å². The van der Waals surface area contributed by atoms with E-state index < -0.39 is 30.1 Å². The Morgan fingerprint density at radius 1 is 0.931 bits per heavy atom. The van der Waals surface area contributed by atoms with E-state index in [9.17, 15) is 19.5 Å². The van der Waals surface area contributed by atoms with Gasteiger partial charge >= 0.3 is 18.0 Å². The fourth-order valence-electron chi connectivity index (χ4n) is 3.08. The lowest BCUT2D eigenvalue weighted by atomic mass is 10.0. The molecular formula is C21H22N2O6. The third kappa shape index (κ3) is 5.32. The van der Waals surface area contributed by atoms with Gasteiger partial charge in [0.15, 0.2) is 6.04 Å². The van der Waals surface area contributed by atoms with Gasteiger partial charge in [-0.2, -0.15) is 0 Å². The molecule has 1 saturated heterocycles. The summed E-state index contributed by atoms with van der Waals surface area (Å²) in [7, 11) is 0. The monoisotopic (exact) mass is 398 g/mol. The lowest BCUT2D eigenvalue weighted by Gasteiger charge is -2.37. The van der Waals surface area contributed by atoms with E-state index in [4.69, 9.17) is 9.47 Å². The highest BCUT2D eigenvalue weighted by molar-refractivity contribution is 5.89. The number of nitrogens with zero attached hydrogens (tertiary/aromatic N) is 1. The van der Waals surface area contributed by atoms with Gasteiger partial charge in [-0.1, -0.05) is 60.7 Å². The second-order valence-electron chi connectivity index (χ2n) is 6.54. The van der Waals surface area contributed by atoms with Crippen molar-refractivity contribution in [2.45, 2.75) is 25.3 Å². The van der Waals surface area contributed by atoms with Crippen molar-refractivity contribution in [3.63, 3.8) is 0 Å². The van der Waals surface area contributed by atoms with Gasteiger partial charge in [0.25, 0.3) is 0 Å². The van der Waals surface area contributed by atoms with Crippen LogP contribution in [-0.2, 0) is 32.3 Å². The van der Waals surface area contributed by atoms with Crippen LogP contribution in [0.4, 0.5) is 4.79 Å². The topological polar surface area (TPSA) is 105 Å². The number of aliphatic carboxylic acids is 1. The molecule has 1 aliphatic heterocycles. The molecule has 3 rings (SSSR count). The van der Waals surface area contributed by atoms with Crippen LogP contribution in [0.15, 0.2) is 60.7 Å². The largest absolute Gasteiger partial charge is 0.480 e. The van der Waals surface area contributed by atoms with Crippen LogP contribution in [0.25, 0.3) is 0 Å². The van der Waals surface area contributed by atoms with Crippen LogP contribution in [0, 0.1) is 0 Å². The van der Waals surface area contributed by atoms with Crippen LogP contribution in [0.5, 0.6) is 0 Å². The second-order valence-corrected chi connectivity index (χ2v) is 6.54. The van der Waals surface area contributed by atoms with Crippen LogP contribution in [0.2, 0.25) is 0 Å². The number of carboxylic acid groups (broad SMARTS) is 1. The van der Waals surface area contributed by atoms with E-state index in [0.29, 0.717) is 0 Å². The number of rotatable bonds is 6. The number of nitrogens with one attached hydrogen (secondary N) is 1. The number of carbonyl (C=O) groups excluding carboxylic acids is 2. The predicted molar refractivity (Wildman–Crippen MR) is 103 cm³/mol. The van der Waals surface area contributed by atoms with Crippen molar-refractivity contribution in [1.29, 1.82) is 0 Å². The van der Waals surface area contributed by atoms with E-state index in [2.05, 4.69) is 5.32 Å². The number of piperazine rings is 1. The predicted octanol–water partition coefficient (Wildman–Crippen LogP) is 1.79. The number of hydrogen-bond donors (Lipinski definition) is 2. The average molecular weight is 398 g/mol. The molecule has 1 fully saturated rings. The maximum absolute atomic E-state index is 12.7. The molecule has 8 nitrogen and oxygen atoms in total. The molecule has 152 valence electrons. The molecular weight excluding hydrogens is 376 g/mol. The highest BCUT2D eigenvalue weighted by Crippen LogP contribution is 2.16. The first-order valence-corrected chi connectivity index (χ1v) is 9.20. The van der Waals surface area contributed by atoms with Crippen molar-refractivity contribution >= 4 is 18.0 Å². The van der Waals surface area contributed by atoms with E-state index in [1.165, 1.54) is 0 Å². The quantitative estimate of drug-likeness (QED) is 0.715. The van der Waals surface area contributed by atoms with Gasteiger partial charge in [-0.05, 0) is 11.1 Å². The minimum Gasteiger partial charge on any atom is -0.480 e. The summed E-state index contributed by atoms with van der Waals surface area (Å²) < 4.78 is 10.6. The van der Waals surface area contributed by atoms with Gasteiger partial charge in [-0.25, -0.2) is 9.59 Å². The molecule has 8 heteroatoms. The summed E-state index contributed by atoms with van der Waals surface area (Å²) in [5.41, 5.74) is 1.55. The van der Waals surface area contributed by atoms with Crippen LogP contribution in [0.1, 0.15) is 11.1 Å². The van der Waals surface area contributed by atoms with E-state index in [-0.39, 0.29) is 26.3 Å². The summed E-state index contributed by atoms with van der Waals surface area (Å²) in [6.45, 7) is 0.352. The Labute approximate surface area is 168 Å². The third-order valence-electron chi connectivity index (χ3n) is 4.54. The number of carbonyl (C=O) groups is 3. The van der Waals surface area contributed by atoms with Crippen LogP contribution >= 0.6 is 0 Å². The summed E-state index contributed by atoms with van der Waals surface area (Å²) in [4.78, 5) is 38.1. The Morgan fingerprint density at radius 2 is 1.48 bits per heavy atom. The number of carboxylic acids is 1. The number of benzene rings is 2. The zero-order valence-corrected chi connectivity index (χ0v) is 15.7. The lowest BCUT2D eigenvalue weighted by Crippen LogP contribution is -2.65. The van der Waals surface area contributed by atoms with Gasteiger partial charge < -0.3 is 19.9 Å².